The predicted octanol–water partition coefficient (Wildman–Crippen LogP) is 6.51. The summed E-state index contributed by atoms with van der Waals surface area (Å²) in [6.45, 7) is 5.68. The minimum Gasteiger partial charge on any atom is -0.469 e. The molecule has 0 bridgehead atoms. The fourth-order valence-electron chi connectivity index (χ4n) is 6.32. The predicted molar refractivity (Wildman–Crippen MR) is 151 cm³/mol. The van der Waals surface area contributed by atoms with Crippen LogP contribution in [-0.4, -0.2) is 51.1 Å². The number of carbonyl (C=O) groups excluding carboxylic acids is 1. The Morgan fingerprint density at radius 3 is 2.62 bits per heavy atom. The van der Waals surface area contributed by atoms with Crippen molar-refractivity contribution in [2.45, 2.75) is 109 Å². The molecular formula is C33H48O6. The van der Waals surface area contributed by atoms with Gasteiger partial charge in [-0.05, 0) is 82.5 Å². The standard InChI is InChI=1S/C33H48O6/c1-4-5-12-24(2)29(38-32-15-8-10-19-36-32)18-17-27-28-22-25(13-6-7-14-31(34)35-3)21-26(28)23-30(27)39-33-16-9-11-20-37-33/h6,13,17-18,21,24,26-30,32-33H,7-12,14-16,19-20,22-23H2,1-3H3/t24?,26-,27-,28+,29+,30+,32?,33?/m0/s1. The van der Waals surface area contributed by atoms with E-state index in [9.17, 15) is 4.79 Å². The molecule has 3 fully saturated rings. The van der Waals surface area contributed by atoms with Crippen LogP contribution in [0.1, 0.15) is 84.5 Å². The molecule has 2 aliphatic carbocycles. The lowest BCUT2D eigenvalue weighted by atomic mass is 9.88. The molecule has 2 saturated heterocycles. The smallest absolute Gasteiger partial charge is 0.305 e. The molecule has 3 unspecified atom stereocenters. The molecule has 2 heterocycles. The molecule has 216 valence electrons. The number of hydrogen-bond acceptors (Lipinski definition) is 6. The highest BCUT2D eigenvalue weighted by Gasteiger charge is 2.45. The monoisotopic (exact) mass is 540 g/mol. The van der Waals surface area contributed by atoms with Crippen LogP contribution in [-0.2, 0) is 28.5 Å². The molecule has 0 aromatic rings. The summed E-state index contributed by atoms with van der Waals surface area (Å²) in [5.74, 6) is 7.66. The van der Waals surface area contributed by atoms with Crippen molar-refractivity contribution < 1.29 is 28.5 Å². The molecule has 0 radical (unpaired) electrons. The zero-order valence-electron chi connectivity index (χ0n) is 24.1. The first-order chi connectivity index (χ1) is 19.1. The summed E-state index contributed by atoms with van der Waals surface area (Å²) in [6.07, 6.45) is 21.6. The second kappa shape index (κ2) is 15.8. The molecule has 0 N–H and O–H groups in total. The Balaban J connectivity index is 1.46. The first kappa shape index (κ1) is 30.1. The molecule has 6 heteroatoms. The van der Waals surface area contributed by atoms with Crippen LogP contribution in [0.2, 0.25) is 0 Å². The summed E-state index contributed by atoms with van der Waals surface area (Å²) < 4.78 is 29.8. The van der Waals surface area contributed by atoms with Crippen LogP contribution in [0.5, 0.6) is 0 Å². The summed E-state index contributed by atoms with van der Waals surface area (Å²) in [4.78, 5) is 11.4. The number of fused-ring (bicyclic) bond motifs is 1. The number of esters is 1. The second-order valence-corrected chi connectivity index (χ2v) is 11.5. The van der Waals surface area contributed by atoms with Crippen molar-refractivity contribution in [3.8, 4) is 11.8 Å². The Morgan fingerprint density at radius 1 is 1.15 bits per heavy atom. The first-order valence-electron chi connectivity index (χ1n) is 15.1. The second-order valence-electron chi connectivity index (χ2n) is 11.5. The van der Waals surface area contributed by atoms with E-state index in [0.29, 0.717) is 30.6 Å². The van der Waals surface area contributed by atoms with Gasteiger partial charge in [-0.15, -0.1) is 11.8 Å². The highest BCUT2D eigenvalue weighted by molar-refractivity contribution is 5.69. The minimum absolute atomic E-state index is 0.0494. The Kier molecular flexibility index (Phi) is 12.2. The molecule has 0 aromatic heterocycles. The molecule has 1 saturated carbocycles. The van der Waals surface area contributed by atoms with Crippen molar-refractivity contribution in [1.82, 2.24) is 0 Å². The molecule has 2 aliphatic heterocycles. The van der Waals surface area contributed by atoms with Gasteiger partial charge in [0.25, 0.3) is 0 Å². The van der Waals surface area contributed by atoms with Gasteiger partial charge < -0.3 is 23.7 Å². The molecule has 6 nitrogen and oxygen atoms in total. The van der Waals surface area contributed by atoms with E-state index in [1.54, 1.807) is 0 Å². The van der Waals surface area contributed by atoms with E-state index in [1.807, 2.05) is 6.92 Å². The summed E-state index contributed by atoms with van der Waals surface area (Å²) in [5, 5.41) is 0. The fraction of sp³-hybridized carbons (Fsp3) is 0.727. The van der Waals surface area contributed by atoms with E-state index >= 15 is 0 Å². The van der Waals surface area contributed by atoms with Crippen LogP contribution in [0.3, 0.4) is 0 Å². The minimum atomic E-state index is -0.165. The topological polar surface area (TPSA) is 63.2 Å². The Labute approximate surface area is 235 Å². The van der Waals surface area contributed by atoms with E-state index in [2.05, 4.69) is 49.1 Å². The maximum Gasteiger partial charge on any atom is 0.305 e. The van der Waals surface area contributed by atoms with E-state index in [4.69, 9.17) is 23.7 Å². The van der Waals surface area contributed by atoms with Gasteiger partial charge in [0.2, 0.25) is 0 Å². The quantitative estimate of drug-likeness (QED) is 0.160. The first-order valence-corrected chi connectivity index (χ1v) is 15.1. The van der Waals surface area contributed by atoms with Gasteiger partial charge in [0.1, 0.15) is 0 Å². The lowest BCUT2D eigenvalue weighted by Crippen LogP contribution is -2.32. The van der Waals surface area contributed by atoms with Crippen LogP contribution in [0.4, 0.5) is 0 Å². The van der Waals surface area contributed by atoms with Gasteiger partial charge in [-0.3, -0.25) is 4.79 Å². The van der Waals surface area contributed by atoms with E-state index < -0.39 is 0 Å². The van der Waals surface area contributed by atoms with Crippen LogP contribution in [0, 0.1) is 35.5 Å². The molecular weight excluding hydrogens is 492 g/mol. The summed E-state index contributed by atoms with van der Waals surface area (Å²) in [6, 6.07) is 0. The van der Waals surface area contributed by atoms with Crippen LogP contribution in [0.25, 0.3) is 0 Å². The van der Waals surface area contributed by atoms with Crippen molar-refractivity contribution in [3.63, 3.8) is 0 Å². The van der Waals surface area contributed by atoms with Gasteiger partial charge in [0.15, 0.2) is 12.6 Å². The molecule has 0 aromatic carbocycles. The lowest BCUT2D eigenvalue weighted by molar-refractivity contribution is -0.193. The number of rotatable bonds is 12. The number of hydrogen-bond donors (Lipinski definition) is 0. The summed E-state index contributed by atoms with van der Waals surface area (Å²) in [7, 11) is 1.44. The maximum absolute atomic E-state index is 11.4. The van der Waals surface area contributed by atoms with Crippen LogP contribution in [0.15, 0.2) is 36.0 Å². The van der Waals surface area contributed by atoms with Crippen molar-refractivity contribution in [2.24, 2.45) is 23.7 Å². The highest BCUT2D eigenvalue weighted by atomic mass is 16.7. The van der Waals surface area contributed by atoms with E-state index in [-0.39, 0.29) is 36.7 Å². The average molecular weight is 541 g/mol. The largest absolute Gasteiger partial charge is 0.469 e. The van der Waals surface area contributed by atoms with Gasteiger partial charge in [-0.1, -0.05) is 42.9 Å². The molecule has 0 spiro atoms. The third kappa shape index (κ3) is 9.05. The Hall–Kier alpha value is -1.91. The number of methoxy groups -OCH3 is 1. The molecule has 4 aliphatic rings. The number of carbonyl (C=O) groups is 1. The van der Waals surface area contributed by atoms with Crippen molar-refractivity contribution in [2.75, 3.05) is 20.3 Å². The highest BCUT2D eigenvalue weighted by Crippen LogP contribution is 2.49. The summed E-state index contributed by atoms with van der Waals surface area (Å²) >= 11 is 0. The molecule has 4 rings (SSSR count). The van der Waals surface area contributed by atoms with Gasteiger partial charge in [0.05, 0.1) is 19.3 Å². The maximum atomic E-state index is 11.4. The third-order valence-corrected chi connectivity index (χ3v) is 8.55. The molecule has 8 atom stereocenters. The van der Waals surface area contributed by atoms with E-state index in [1.165, 1.54) is 19.1 Å². The number of ether oxygens (including phenoxy) is 5. The number of allylic oxidation sites excluding steroid dienone is 4. The Morgan fingerprint density at radius 2 is 1.92 bits per heavy atom. The average Bonchev–Trinajstić information content (AvgIpc) is 3.50. The van der Waals surface area contributed by atoms with Gasteiger partial charge in [0, 0.05) is 32.0 Å². The summed E-state index contributed by atoms with van der Waals surface area (Å²) in [5.41, 5.74) is 1.36. The van der Waals surface area contributed by atoms with Crippen molar-refractivity contribution in [3.05, 3.63) is 36.0 Å². The zero-order valence-corrected chi connectivity index (χ0v) is 24.1. The zero-order chi connectivity index (χ0) is 27.5. The van der Waals surface area contributed by atoms with Crippen LogP contribution < -0.4 is 0 Å². The van der Waals surface area contributed by atoms with Crippen LogP contribution >= 0.6 is 0 Å². The Bertz CT molecular complexity index is 914. The third-order valence-electron chi connectivity index (χ3n) is 8.55. The van der Waals surface area contributed by atoms with Gasteiger partial charge >= 0.3 is 5.97 Å². The SMILES string of the molecule is CC#CCC(C)[C@@H](C=C[C@H]1[C@@H]2CC(C=CCCC(=O)OC)=C[C@H]2C[C@H]1OC1CCCCO1)OC1CCCCO1. The fourth-order valence-corrected chi connectivity index (χ4v) is 6.32. The molecule has 0 amide bonds. The van der Waals surface area contributed by atoms with Crippen molar-refractivity contribution >= 4 is 5.97 Å². The van der Waals surface area contributed by atoms with Gasteiger partial charge in [-0.2, -0.15) is 0 Å². The van der Waals surface area contributed by atoms with Crippen molar-refractivity contribution in [1.29, 1.82) is 0 Å². The molecule has 39 heavy (non-hydrogen) atoms. The van der Waals surface area contributed by atoms with Gasteiger partial charge in [-0.25, -0.2) is 0 Å². The van der Waals surface area contributed by atoms with E-state index in [0.717, 1.165) is 64.6 Å². The normalized spacial score (nSPS) is 32.4. The lowest BCUT2D eigenvalue weighted by Gasteiger charge is -2.31.